The fourth-order valence-corrected chi connectivity index (χ4v) is 5.25. The van der Waals surface area contributed by atoms with E-state index < -0.39 is 0 Å². The van der Waals surface area contributed by atoms with Gasteiger partial charge in [-0.1, -0.05) is 103 Å². The molecule has 0 aliphatic heterocycles. The van der Waals surface area contributed by atoms with Gasteiger partial charge in [0.05, 0.1) is 0 Å². The third-order valence-corrected chi connectivity index (χ3v) is 7.08. The molecule has 24 heavy (non-hydrogen) atoms. The molecule has 0 atom stereocenters. The molecule has 140 valence electrons. The lowest BCUT2D eigenvalue weighted by Crippen LogP contribution is -2.15. The second kappa shape index (κ2) is 12.2. The molecule has 0 radical (unpaired) electrons. The van der Waals surface area contributed by atoms with Crippen LogP contribution in [-0.4, -0.2) is 0 Å². The Labute approximate surface area is 152 Å². The van der Waals surface area contributed by atoms with E-state index in [0.29, 0.717) is 0 Å². The zero-order chi connectivity index (χ0) is 17.0. The molecule has 0 aromatic rings. The monoisotopic (exact) mass is 332 g/mol. The van der Waals surface area contributed by atoms with E-state index in [1.165, 1.54) is 77.0 Å². The van der Waals surface area contributed by atoms with Gasteiger partial charge in [0.1, 0.15) is 0 Å². The van der Waals surface area contributed by atoms with Crippen LogP contribution < -0.4 is 0 Å². The van der Waals surface area contributed by atoms with E-state index in [-0.39, 0.29) is 0 Å². The van der Waals surface area contributed by atoms with E-state index >= 15 is 0 Å². The average Bonchev–Trinajstić information content (AvgIpc) is 2.64. The number of allylic oxidation sites excluding steroid dienone is 2. The van der Waals surface area contributed by atoms with Crippen molar-refractivity contribution in [3.05, 3.63) is 12.2 Å². The maximum Gasteiger partial charge on any atom is -0.0322 e. The van der Waals surface area contributed by atoms with Gasteiger partial charge in [-0.2, -0.15) is 0 Å². The topological polar surface area (TPSA) is 0 Å². The number of hydrogen-bond donors (Lipinski definition) is 0. The van der Waals surface area contributed by atoms with Crippen molar-refractivity contribution in [1.82, 2.24) is 0 Å². The minimum Gasteiger partial charge on any atom is -0.0917 e. The molecule has 0 N–H and O–H groups in total. The summed E-state index contributed by atoms with van der Waals surface area (Å²) in [6.45, 7) is 4.49. The Bertz CT molecular complexity index is 313. The SMILES string of the molecule is C/C=C/CC1CCC(CCCCC2CCC(CCCC)CC2)CC1. The van der Waals surface area contributed by atoms with Gasteiger partial charge in [-0.15, -0.1) is 0 Å². The molecule has 0 saturated heterocycles. The molecule has 0 heteroatoms. The van der Waals surface area contributed by atoms with Gasteiger partial charge < -0.3 is 0 Å². The highest BCUT2D eigenvalue weighted by atomic mass is 14.3. The first-order chi connectivity index (χ1) is 11.8. The van der Waals surface area contributed by atoms with Gasteiger partial charge in [0.25, 0.3) is 0 Å². The molecule has 0 nitrogen and oxygen atoms in total. The summed E-state index contributed by atoms with van der Waals surface area (Å²) in [5.41, 5.74) is 0. The lowest BCUT2D eigenvalue weighted by Gasteiger charge is -2.29. The molecule has 0 bridgehead atoms. The van der Waals surface area contributed by atoms with Crippen molar-refractivity contribution < 1.29 is 0 Å². The Kier molecular flexibility index (Phi) is 10.2. The van der Waals surface area contributed by atoms with Crippen LogP contribution in [0, 0.1) is 23.7 Å². The van der Waals surface area contributed by atoms with Crippen LogP contribution in [-0.2, 0) is 0 Å². The van der Waals surface area contributed by atoms with E-state index in [9.17, 15) is 0 Å². The molecule has 0 unspecified atom stereocenters. The summed E-state index contributed by atoms with van der Waals surface area (Å²) in [6, 6.07) is 0. The van der Waals surface area contributed by atoms with Crippen molar-refractivity contribution in [2.75, 3.05) is 0 Å². The molecule has 2 fully saturated rings. The van der Waals surface area contributed by atoms with Crippen LogP contribution in [0.15, 0.2) is 12.2 Å². The molecular weight excluding hydrogens is 288 g/mol. The molecule has 0 spiro atoms. The largest absolute Gasteiger partial charge is 0.0917 e. The Hall–Kier alpha value is -0.260. The summed E-state index contributed by atoms with van der Waals surface area (Å²) >= 11 is 0. The van der Waals surface area contributed by atoms with Gasteiger partial charge >= 0.3 is 0 Å². The van der Waals surface area contributed by atoms with E-state index in [1.54, 1.807) is 25.7 Å². The Morgan fingerprint density at radius 2 is 1.04 bits per heavy atom. The number of hydrogen-bond acceptors (Lipinski definition) is 0. The van der Waals surface area contributed by atoms with Crippen molar-refractivity contribution in [1.29, 1.82) is 0 Å². The highest BCUT2D eigenvalue weighted by molar-refractivity contribution is 4.83. The molecule has 0 amide bonds. The Morgan fingerprint density at radius 3 is 1.46 bits per heavy atom. The molecule has 0 aromatic carbocycles. The quantitative estimate of drug-likeness (QED) is 0.278. The van der Waals surface area contributed by atoms with Crippen LogP contribution in [0.2, 0.25) is 0 Å². The minimum absolute atomic E-state index is 1.00. The predicted octanol–water partition coefficient (Wildman–Crippen LogP) is 8.32. The van der Waals surface area contributed by atoms with Crippen LogP contribution in [0.1, 0.15) is 117 Å². The van der Waals surface area contributed by atoms with Gasteiger partial charge in [-0.3, -0.25) is 0 Å². The zero-order valence-electron chi connectivity index (χ0n) is 16.8. The molecule has 2 rings (SSSR count). The summed E-state index contributed by atoms with van der Waals surface area (Å²) in [4.78, 5) is 0. The predicted molar refractivity (Wildman–Crippen MR) is 108 cm³/mol. The van der Waals surface area contributed by atoms with Gasteiger partial charge in [0.2, 0.25) is 0 Å². The zero-order valence-corrected chi connectivity index (χ0v) is 16.8. The fraction of sp³-hybridized carbons (Fsp3) is 0.917. The van der Waals surface area contributed by atoms with Crippen LogP contribution in [0.3, 0.4) is 0 Å². The van der Waals surface area contributed by atoms with Gasteiger partial charge in [-0.05, 0) is 49.9 Å². The third-order valence-electron chi connectivity index (χ3n) is 7.08. The van der Waals surface area contributed by atoms with E-state index in [1.807, 2.05) is 0 Å². The van der Waals surface area contributed by atoms with Crippen molar-refractivity contribution >= 4 is 0 Å². The fourth-order valence-electron chi connectivity index (χ4n) is 5.25. The summed E-state index contributed by atoms with van der Waals surface area (Å²) in [5.74, 6) is 4.23. The van der Waals surface area contributed by atoms with Gasteiger partial charge in [-0.25, -0.2) is 0 Å². The Balaban J connectivity index is 1.46. The van der Waals surface area contributed by atoms with Crippen LogP contribution in [0.5, 0.6) is 0 Å². The summed E-state index contributed by atoms with van der Waals surface area (Å²) in [6.07, 6.45) is 28.6. The lowest BCUT2D eigenvalue weighted by atomic mass is 9.76. The normalized spacial score (nSPS) is 31.6. The van der Waals surface area contributed by atoms with Crippen LogP contribution in [0.4, 0.5) is 0 Å². The van der Waals surface area contributed by atoms with E-state index in [0.717, 1.165) is 23.7 Å². The summed E-state index contributed by atoms with van der Waals surface area (Å²) in [7, 11) is 0. The number of unbranched alkanes of at least 4 members (excludes halogenated alkanes) is 2. The first kappa shape index (κ1) is 20.1. The Morgan fingerprint density at radius 1 is 0.625 bits per heavy atom. The maximum atomic E-state index is 2.38. The second-order valence-electron chi connectivity index (χ2n) is 9.00. The van der Waals surface area contributed by atoms with Crippen LogP contribution in [0.25, 0.3) is 0 Å². The lowest BCUT2D eigenvalue weighted by molar-refractivity contribution is 0.236. The smallest absolute Gasteiger partial charge is 0.0322 e. The van der Waals surface area contributed by atoms with Gasteiger partial charge in [0, 0.05) is 0 Å². The number of rotatable bonds is 10. The first-order valence-corrected chi connectivity index (χ1v) is 11.4. The molecular formula is C24H44. The van der Waals surface area contributed by atoms with Crippen molar-refractivity contribution in [3.8, 4) is 0 Å². The summed E-state index contributed by atoms with van der Waals surface area (Å²) in [5, 5.41) is 0. The highest BCUT2D eigenvalue weighted by Crippen LogP contribution is 2.36. The van der Waals surface area contributed by atoms with Crippen molar-refractivity contribution in [2.45, 2.75) is 117 Å². The second-order valence-corrected chi connectivity index (χ2v) is 9.00. The van der Waals surface area contributed by atoms with Crippen molar-refractivity contribution in [3.63, 3.8) is 0 Å². The molecule has 2 aliphatic carbocycles. The highest BCUT2D eigenvalue weighted by Gasteiger charge is 2.22. The molecule has 2 aliphatic rings. The average molecular weight is 333 g/mol. The van der Waals surface area contributed by atoms with E-state index in [2.05, 4.69) is 26.0 Å². The third kappa shape index (κ3) is 7.75. The van der Waals surface area contributed by atoms with Crippen molar-refractivity contribution in [2.24, 2.45) is 23.7 Å². The molecule has 0 aromatic heterocycles. The first-order valence-electron chi connectivity index (χ1n) is 11.4. The standard InChI is InChI=1S/C24H44/c1-3-5-9-21-13-17-23(18-14-21)11-7-8-12-24-19-15-22(16-20-24)10-6-4-2/h3,5,21-24H,4,6-20H2,1-2H3/b5-3+. The minimum atomic E-state index is 1.00. The van der Waals surface area contributed by atoms with Crippen LogP contribution >= 0.6 is 0 Å². The maximum absolute atomic E-state index is 2.38. The van der Waals surface area contributed by atoms with E-state index in [4.69, 9.17) is 0 Å². The molecule has 2 saturated carbocycles. The summed E-state index contributed by atoms with van der Waals surface area (Å²) < 4.78 is 0. The molecule has 0 heterocycles. The van der Waals surface area contributed by atoms with Gasteiger partial charge in [0.15, 0.2) is 0 Å².